The van der Waals surface area contributed by atoms with E-state index in [1.807, 2.05) is 0 Å². The van der Waals surface area contributed by atoms with Gasteiger partial charge in [0.15, 0.2) is 17.5 Å². The number of nitrogens with one attached hydrogen (secondary N) is 1. The Morgan fingerprint density at radius 2 is 2.24 bits per heavy atom. The fraction of sp³-hybridized carbons (Fsp3) is 0.308. The molecule has 110 valence electrons. The maximum absolute atomic E-state index is 13.4. The van der Waals surface area contributed by atoms with Crippen LogP contribution in [-0.4, -0.2) is 32.4 Å². The second-order valence-corrected chi connectivity index (χ2v) is 4.77. The Morgan fingerprint density at radius 1 is 1.43 bits per heavy atom. The summed E-state index contributed by atoms with van der Waals surface area (Å²) in [6, 6.07) is 3.40. The minimum absolute atomic E-state index is 0.180. The first-order chi connectivity index (χ1) is 10.0. The second-order valence-electron chi connectivity index (χ2n) is 4.77. The molecule has 0 aliphatic carbocycles. The molecule has 1 aromatic carbocycles. The van der Waals surface area contributed by atoms with Crippen molar-refractivity contribution in [2.75, 3.05) is 11.9 Å². The Hall–Kier alpha value is -2.51. The molecule has 0 radical (unpaired) electrons. The van der Waals surface area contributed by atoms with Gasteiger partial charge in [-0.05, 0) is 24.1 Å². The minimum Gasteiger partial charge on any atom is -0.481 e. The van der Waals surface area contributed by atoms with Crippen molar-refractivity contribution in [1.82, 2.24) is 14.8 Å². The highest BCUT2D eigenvalue weighted by Gasteiger charge is 2.25. The van der Waals surface area contributed by atoms with Gasteiger partial charge in [0.05, 0.1) is 6.04 Å². The zero-order valence-corrected chi connectivity index (χ0v) is 10.9. The van der Waals surface area contributed by atoms with Crippen molar-refractivity contribution in [2.45, 2.75) is 18.9 Å². The van der Waals surface area contributed by atoms with Crippen LogP contribution >= 0.6 is 0 Å². The van der Waals surface area contributed by atoms with Gasteiger partial charge in [0.25, 0.3) is 0 Å². The van der Waals surface area contributed by atoms with Crippen LogP contribution < -0.4 is 5.32 Å². The third-order valence-electron chi connectivity index (χ3n) is 3.31. The zero-order chi connectivity index (χ0) is 15.0. The van der Waals surface area contributed by atoms with Gasteiger partial charge >= 0.3 is 5.97 Å². The summed E-state index contributed by atoms with van der Waals surface area (Å²) in [5.74, 6) is -2.23. The molecule has 1 aromatic heterocycles. The third-order valence-corrected chi connectivity index (χ3v) is 3.31. The lowest BCUT2D eigenvalue weighted by Gasteiger charge is -2.24. The number of rotatable bonds is 3. The van der Waals surface area contributed by atoms with E-state index in [9.17, 15) is 13.6 Å². The maximum atomic E-state index is 13.4. The van der Waals surface area contributed by atoms with Gasteiger partial charge in [-0.1, -0.05) is 6.07 Å². The van der Waals surface area contributed by atoms with Gasteiger partial charge < -0.3 is 10.4 Å². The molecular weight excluding hydrogens is 282 g/mol. The van der Waals surface area contributed by atoms with Gasteiger partial charge in [0, 0.05) is 6.54 Å². The molecule has 1 unspecified atom stereocenters. The number of carbonyl (C=O) groups is 1. The van der Waals surface area contributed by atoms with Crippen LogP contribution in [0.15, 0.2) is 18.2 Å². The number of nitrogens with zero attached hydrogens (tertiary/aromatic N) is 3. The van der Waals surface area contributed by atoms with E-state index >= 15 is 0 Å². The Labute approximate surface area is 118 Å². The minimum atomic E-state index is -1.03. The zero-order valence-electron chi connectivity index (χ0n) is 10.9. The van der Waals surface area contributed by atoms with Crippen LogP contribution in [0.1, 0.15) is 23.9 Å². The van der Waals surface area contributed by atoms with E-state index in [1.54, 1.807) is 0 Å². The number of benzene rings is 1. The molecule has 2 aromatic rings. The number of hydrogen-bond donors (Lipinski definition) is 2. The van der Waals surface area contributed by atoms with Crippen molar-refractivity contribution in [3.05, 3.63) is 41.2 Å². The second kappa shape index (κ2) is 5.12. The number of carboxylic acid groups (broad SMARTS) is 1. The number of aromatic nitrogens is 3. The highest BCUT2D eigenvalue weighted by atomic mass is 19.2. The Kier molecular flexibility index (Phi) is 3.28. The third kappa shape index (κ3) is 2.56. The number of fused-ring (bicyclic) bond motifs is 1. The van der Waals surface area contributed by atoms with E-state index in [4.69, 9.17) is 5.11 Å². The van der Waals surface area contributed by atoms with E-state index in [2.05, 4.69) is 15.4 Å². The molecule has 1 aliphatic heterocycles. The standard InChI is InChI=1S/C13H12F2N4O2/c14-8-2-1-7(5-9(8)15)10-3-4-16-13-17-11(6-12(20)21)18-19(10)13/h1-2,5,10H,3-4,6H2,(H,20,21)(H,16,17,18). The Bertz CT molecular complexity index is 701. The number of halogens is 2. The average Bonchev–Trinajstić information content (AvgIpc) is 2.83. The van der Waals surface area contributed by atoms with Crippen LogP contribution in [0.25, 0.3) is 0 Å². The van der Waals surface area contributed by atoms with Crippen LogP contribution in [0.5, 0.6) is 0 Å². The predicted molar refractivity (Wildman–Crippen MR) is 69.0 cm³/mol. The highest BCUT2D eigenvalue weighted by Crippen LogP contribution is 2.29. The van der Waals surface area contributed by atoms with Crippen LogP contribution in [0.3, 0.4) is 0 Å². The lowest BCUT2D eigenvalue weighted by molar-refractivity contribution is -0.136. The number of carboxylic acids is 1. The molecule has 1 atom stereocenters. The van der Waals surface area contributed by atoms with Crippen molar-refractivity contribution in [1.29, 1.82) is 0 Å². The van der Waals surface area contributed by atoms with E-state index in [1.165, 1.54) is 10.7 Å². The van der Waals surface area contributed by atoms with Gasteiger partial charge in [-0.2, -0.15) is 10.1 Å². The molecule has 2 N–H and O–H groups in total. The predicted octanol–water partition coefficient (Wildman–Crippen LogP) is 1.59. The molecule has 21 heavy (non-hydrogen) atoms. The fourth-order valence-electron chi connectivity index (χ4n) is 2.39. The lowest BCUT2D eigenvalue weighted by atomic mass is 10.0. The summed E-state index contributed by atoms with van der Waals surface area (Å²) in [5.41, 5.74) is 0.573. The number of anilines is 1. The molecule has 0 saturated carbocycles. The van der Waals surface area contributed by atoms with Gasteiger partial charge in [0.2, 0.25) is 5.95 Å². The van der Waals surface area contributed by atoms with Crippen LogP contribution in [-0.2, 0) is 11.2 Å². The summed E-state index contributed by atoms with van der Waals surface area (Å²) in [7, 11) is 0. The van der Waals surface area contributed by atoms with E-state index < -0.39 is 17.6 Å². The van der Waals surface area contributed by atoms with Crippen molar-refractivity contribution in [2.24, 2.45) is 0 Å². The summed E-state index contributed by atoms with van der Waals surface area (Å²) in [4.78, 5) is 14.8. The summed E-state index contributed by atoms with van der Waals surface area (Å²) in [6.07, 6.45) is 0.333. The summed E-state index contributed by atoms with van der Waals surface area (Å²) in [6.45, 7) is 0.592. The van der Waals surface area contributed by atoms with Gasteiger partial charge in [-0.3, -0.25) is 4.79 Å². The molecule has 0 spiro atoms. The highest BCUT2D eigenvalue weighted by molar-refractivity contribution is 5.69. The smallest absolute Gasteiger partial charge is 0.311 e. The Morgan fingerprint density at radius 3 is 2.95 bits per heavy atom. The largest absolute Gasteiger partial charge is 0.481 e. The Balaban J connectivity index is 1.97. The van der Waals surface area contributed by atoms with Crippen molar-refractivity contribution < 1.29 is 18.7 Å². The van der Waals surface area contributed by atoms with Gasteiger partial charge in [0.1, 0.15) is 6.42 Å². The first-order valence-corrected chi connectivity index (χ1v) is 6.40. The molecule has 1 aliphatic rings. The molecular formula is C13H12F2N4O2. The molecule has 6 nitrogen and oxygen atoms in total. The average molecular weight is 294 g/mol. The van der Waals surface area contributed by atoms with E-state index in [-0.39, 0.29) is 18.3 Å². The lowest BCUT2D eigenvalue weighted by Crippen LogP contribution is -2.24. The molecule has 3 rings (SSSR count). The normalized spacial score (nSPS) is 17.1. The molecule has 2 heterocycles. The monoisotopic (exact) mass is 294 g/mol. The van der Waals surface area contributed by atoms with E-state index in [0.717, 1.165) is 12.1 Å². The molecule has 8 heteroatoms. The van der Waals surface area contributed by atoms with Gasteiger partial charge in [-0.25, -0.2) is 13.5 Å². The number of hydrogen-bond acceptors (Lipinski definition) is 4. The van der Waals surface area contributed by atoms with Gasteiger partial charge in [-0.15, -0.1) is 0 Å². The first-order valence-electron chi connectivity index (χ1n) is 6.40. The summed E-state index contributed by atoms with van der Waals surface area (Å²) < 4.78 is 27.9. The SMILES string of the molecule is O=C(O)Cc1nc2n(n1)C(c1ccc(F)c(F)c1)CCN2. The fourth-order valence-corrected chi connectivity index (χ4v) is 2.39. The summed E-state index contributed by atoms with van der Waals surface area (Å²) >= 11 is 0. The van der Waals surface area contributed by atoms with Crippen molar-refractivity contribution in [3.8, 4) is 0 Å². The molecule has 0 fully saturated rings. The topological polar surface area (TPSA) is 80.0 Å². The summed E-state index contributed by atoms with van der Waals surface area (Å²) in [5, 5.41) is 15.9. The van der Waals surface area contributed by atoms with Crippen LogP contribution in [0.4, 0.5) is 14.7 Å². The van der Waals surface area contributed by atoms with Crippen molar-refractivity contribution in [3.63, 3.8) is 0 Å². The number of aliphatic carboxylic acids is 1. The van der Waals surface area contributed by atoms with E-state index in [0.29, 0.717) is 24.5 Å². The van der Waals surface area contributed by atoms with Crippen LogP contribution in [0, 0.1) is 11.6 Å². The van der Waals surface area contributed by atoms with Crippen LogP contribution in [0.2, 0.25) is 0 Å². The molecule has 0 bridgehead atoms. The van der Waals surface area contributed by atoms with Crippen molar-refractivity contribution >= 4 is 11.9 Å². The maximum Gasteiger partial charge on any atom is 0.311 e. The quantitative estimate of drug-likeness (QED) is 0.898. The molecule has 0 amide bonds. The molecule has 0 saturated heterocycles. The first kappa shape index (κ1) is 13.5.